The van der Waals surface area contributed by atoms with Crippen LogP contribution in [0.25, 0.3) is 11.1 Å². The van der Waals surface area contributed by atoms with Crippen molar-refractivity contribution in [3.8, 4) is 11.1 Å². The Balaban J connectivity index is 2.28. The second-order valence-electron chi connectivity index (χ2n) is 5.94. The molecule has 0 spiro atoms. The molecule has 0 saturated heterocycles. The first-order chi connectivity index (χ1) is 11.9. The van der Waals surface area contributed by atoms with Crippen LogP contribution in [0.15, 0.2) is 72.8 Å². The van der Waals surface area contributed by atoms with Gasteiger partial charge in [0.25, 0.3) is 0 Å². The Morgan fingerprint density at radius 3 is 1.72 bits per heavy atom. The van der Waals surface area contributed by atoms with Gasteiger partial charge in [0, 0.05) is 5.56 Å². The molecule has 0 fully saturated rings. The van der Waals surface area contributed by atoms with E-state index in [-0.39, 0.29) is 0 Å². The van der Waals surface area contributed by atoms with E-state index in [0.717, 1.165) is 26.9 Å². The third-order valence-electron chi connectivity index (χ3n) is 4.17. The minimum absolute atomic E-state index is 0.486. The van der Waals surface area contributed by atoms with Gasteiger partial charge in [-0.05, 0) is 42.7 Å². The first kappa shape index (κ1) is 17.4. The molecule has 0 aliphatic carbocycles. The smallest absolute Gasteiger partial charge is 0.308 e. The second kappa shape index (κ2) is 6.85. The highest BCUT2D eigenvalue weighted by Gasteiger charge is 2.30. The van der Waals surface area contributed by atoms with Gasteiger partial charge in [0.15, 0.2) is 0 Å². The van der Waals surface area contributed by atoms with Crippen molar-refractivity contribution >= 4 is 19.1 Å². The number of anilines is 2. The van der Waals surface area contributed by atoms with Crippen LogP contribution >= 0.6 is 7.75 Å². The lowest BCUT2D eigenvalue weighted by Crippen LogP contribution is -2.15. The lowest BCUT2D eigenvalue weighted by molar-refractivity contribution is 0.373. The van der Waals surface area contributed by atoms with Gasteiger partial charge in [-0.1, -0.05) is 60.7 Å². The molecule has 128 valence electrons. The molecule has 0 radical (unpaired) electrons. The van der Waals surface area contributed by atoms with E-state index in [1.807, 2.05) is 62.4 Å². The molecule has 3 aromatic rings. The van der Waals surface area contributed by atoms with Gasteiger partial charge in [0.1, 0.15) is 0 Å². The Morgan fingerprint density at radius 2 is 1.16 bits per heavy atom. The van der Waals surface area contributed by atoms with Crippen molar-refractivity contribution in [3.05, 3.63) is 83.9 Å². The van der Waals surface area contributed by atoms with Crippen LogP contribution < -0.4 is 4.67 Å². The molecule has 4 nitrogen and oxygen atoms in total. The zero-order valence-corrected chi connectivity index (χ0v) is 15.0. The summed E-state index contributed by atoms with van der Waals surface area (Å²) in [4.78, 5) is 20.2. The van der Waals surface area contributed by atoms with Gasteiger partial charge < -0.3 is 9.79 Å². The summed E-state index contributed by atoms with van der Waals surface area (Å²) in [7, 11) is -4.58. The van der Waals surface area contributed by atoms with E-state index in [1.54, 1.807) is 24.3 Å². The molecule has 0 unspecified atom stereocenters. The highest BCUT2D eigenvalue weighted by Crippen LogP contribution is 2.53. The number of hydrogen-bond acceptors (Lipinski definition) is 1. The van der Waals surface area contributed by atoms with Crippen molar-refractivity contribution in [2.45, 2.75) is 13.8 Å². The molecular formula is C20H20NO3P. The summed E-state index contributed by atoms with van der Waals surface area (Å²) in [6.07, 6.45) is 0. The van der Waals surface area contributed by atoms with Gasteiger partial charge >= 0.3 is 7.75 Å². The number of nitrogens with zero attached hydrogens (tertiary/aromatic N) is 1. The molecule has 0 heterocycles. The van der Waals surface area contributed by atoms with Crippen LogP contribution in [0.2, 0.25) is 0 Å². The Labute approximate surface area is 147 Å². The molecule has 5 heteroatoms. The number of hydrogen-bond donors (Lipinski definition) is 2. The van der Waals surface area contributed by atoms with E-state index in [2.05, 4.69) is 0 Å². The summed E-state index contributed by atoms with van der Waals surface area (Å²) in [6, 6.07) is 22.3. The molecule has 0 aliphatic heterocycles. The molecule has 0 aliphatic rings. The third kappa shape index (κ3) is 3.52. The first-order valence-corrected chi connectivity index (χ1v) is 9.53. The van der Waals surface area contributed by atoms with Gasteiger partial charge in [-0.15, -0.1) is 0 Å². The summed E-state index contributed by atoms with van der Waals surface area (Å²) in [5.74, 6) is 0. The van der Waals surface area contributed by atoms with Gasteiger partial charge in [-0.2, -0.15) is 0 Å². The van der Waals surface area contributed by atoms with Gasteiger partial charge in [-0.3, -0.25) is 0 Å². The number of aryl methyl sites for hydroxylation is 2. The summed E-state index contributed by atoms with van der Waals surface area (Å²) in [5, 5.41) is 0. The van der Waals surface area contributed by atoms with E-state index < -0.39 is 7.75 Å². The number of benzene rings is 3. The average Bonchev–Trinajstić information content (AvgIpc) is 2.57. The minimum atomic E-state index is -4.58. The van der Waals surface area contributed by atoms with Crippen molar-refractivity contribution < 1.29 is 14.4 Å². The van der Waals surface area contributed by atoms with Crippen molar-refractivity contribution in [1.82, 2.24) is 0 Å². The predicted molar refractivity (Wildman–Crippen MR) is 102 cm³/mol. The normalized spacial score (nSPS) is 11.4. The van der Waals surface area contributed by atoms with Crippen LogP contribution in [0.5, 0.6) is 0 Å². The summed E-state index contributed by atoms with van der Waals surface area (Å²) in [6.45, 7) is 3.83. The zero-order valence-electron chi connectivity index (χ0n) is 14.1. The van der Waals surface area contributed by atoms with Crippen LogP contribution in [0.1, 0.15) is 11.1 Å². The second-order valence-corrected chi connectivity index (χ2v) is 7.37. The van der Waals surface area contributed by atoms with Crippen LogP contribution in [0, 0.1) is 13.8 Å². The van der Waals surface area contributed by atoms with Crippen molar-refractivity contribution in [1.29, 1.82) is 0 Å². The fourth-order valence-corrected chi connectivity index (χ4v) is 3.93. The van der Waals surface area contributed by atoms with Crippen molar-refractivity contribution in [2.24, 2.45) is 0 Å². The molecule has 0 aromatic heterocycles. The third-order valence-corrected chi connectivity index (χ3v) is 5.12. The lowest BCUT2D eigenvalue weighted by Gasteiger charge is -2.29. The standard InChI is InChI=1S/C20H20NO3P/c1-15-9-3-5-11-17(15)18-12-6-8-14-20(18)21(25(22,23)24)19-13-7-4-10-16(19)2/h3-14H,1-2H3,(H2,22,23,24). The highest BCUT2D eigenvalue weighted by atomic mass is 31.2. The van der Waals surface area contributed by atoms with E-state index >= 15 is 0 Å². The van der Waals surface area contributed by atoms with E-state index in [1.165, 1.54) is 0 Å². The monoisotopic (exact) mass is 353 g/mol. The van der Waals surface area contributed by atoms with Gasteiger partial charge in [0.2, 0.25) is 0 Å². The summed E-state index contributed by atoms with van der Waals surface area (Å²) >= 11 is 0. The Bertz CT molecular complexity index is 949. The minimum Gasteiger partial charge on any atom is -0.308 e. The molecule has 0 bridgehead atoms. The maximum atomic E-state index is 12.4. The number of para-hydroxylation sites is 2. The molecular weight excluding hydrogens is 333 g/mol. The Kier molecular flexibility index (Phi) is 4.78. The molecule has 3 aromatic carbocycles. The zero-order chi connectivity index (χ0) is 18.0. The highest BCUT2D eigenvalue weighted by molar-refractivity contribution is 7.54. The molecule has 0 atom stereocenters. The topological polar surface area (TPSA) is 60.8 Å². The van der Waals surface area contributed by atoms with Crippen LogP contribution in [-0.2, 0) is 4.57 Å². The molecule has 0 amide bonds. The van der Waals surface area contributed by atoms with E-state index in [4.69, 9.17) is 0 Å². The molecule has 2 N–H and O–H groups in total. The van der Waals surface area contributed by atoms with Crippen molar-refractivity contribution in [2.75, 3.05) is 4.67 Å². The largest absolute Gasteiger partial charge is 0.434 e. The predicted octanol–water partition coefficient (Wildman–Crippen LogP) is 5.20. The average molecular weight is 353 g/mol. The van der Waals surface area contributed by atoms with Crippen molar-refractivity contribution in [3.63, 3.8) is 0 Å². The molecule has 3 rings (SSSR count). The van der Waals surface area contributed by atoms with E-state index in [0.29, 0.717) is 11.4 Å². The van der Waals surface area contributed by atoms with E-state index in [9.17, 15) is 14.4 Å². The summed E-state index contributed by atoms with van der Waals surface area (Å²) in [5.41, 5.74) is 4.56. The summed E-state index contributed by atoms with van der Waals surface area (Å²) < 4.78 is 13.5. The quantitative estimate of drug-likeness (QED) is 0.633. The molecule has 25 heavy (non-hydrogen) atoms. The SMILES string of the molecule is Cc1ccccc1-c1ccccc1N(c1ccccc1C)P(=O)(O)O. The van der Waals surface area contributed by atoms with Gasteiger partial charge in [0.05, 0.1) is 11.4 Å². The van der Waals surface area contributed by atoms with Crippen LogP contribution in [0.4, 0.5) is 11.4 Å². The van der Waals surface area contributed by atoms with Gasteiger partial charge in [-0.25, -0.2) is 9.24 Å². The first-order valence-electron chi connectivity index (χ1n) is 7.96. The fraction of sp³-hybridized carbons (Fsp3) is 0.100. The number of rotatable bonds is 4. The maximum Gasteiger partial charge on any atom is 0.434 e. The lowest BCUT2D eigenvalue weighted by atomic mass is 9.99. The molecule has 0 saturated carbocycles. The fourth-order valence-electron chi connectivity index (χ4n) is 2.97. The Hall–Kier alpha value is -2.39. The van der Waals surface area contributed by atoms with Crippen LogP contribution in [-0.4, -0.2) is 9.79 Å². The Morgan fingerprint density at radius 1 is 0.680 bits per heavy atom. The van der Waals surface area contributed by atoms with Crippen LogP contribution in [0.3, 0.4) is 0 Å². The maximum absolute atomic E-state index is 12.4.